The van der Waals surface area contributed by atoms with Gasteiger partial charge in [-0.1, -0.05) is 32.9 Å². The Kier molecular flexibility index (Phi) is 7.77. The molecule has 1 aromatic carbocycles. The maximum Gasteiger partial charge on any atom is 0.192 e. The zero-order chi connectivity index (χ0) is 23.7. The van der Waals surface area contributed by atoms with Crippen LogP contribution in [0, 0.1) is 4.78 Å². The zero-order valence-electron chi connectivity index (χ0n) is 19.6. The van der Waals surface area contributed by atoms with Crippen LogP contribution in [-0.2, 0) is 19.9 Å². The highest BCUT2D eigenvalue weighted by molar-refractivity contribution is 7.92. The fourth-order valence-electron chi connectivity index (χ4n) is 2.51. The number of aliphatic hydroxyl groups is 1. The van der Waals surface area contributed by atoms with Crippen LogP contribution in [0.5, 0.6) is 5.75 Å². The van der Waals surface area contributed by atoms with Gasteiger partial charge >= 0.3 is 0 Å². The van der Waals surface area contributed by atoms with Crippen LogP contribution in [0.1, 0.15) is 51.2 Å². The largest absolute Gasteiger partial charge is 0.497 e. The van der Waals surface area contributed by atoms with Gasteiger partial charge in [-0.05, 0) is 49.7 Å². The van der Waals surface area contributed by atoms with Crippen molar-refractivity contribution in [2.24, 2.45) is 0 Å². The summed E-state index contributed by atoms with van der Waals surface area (Å²) < 4.78 is 35.9. The van der Waals surface area contributed by atoms with Crippen LogP contribution in [0.15, 0.2) is 34.7 Å². The van der Waals surface area contributed by atoms with Crippen molar-refractivity contribution in [2.75, 3.05) is 13.7 Å². The standard InChI is InChI=1S/C21H35N3O4S2Si/c1-15(16-9-11-17(27-6)12-10-16)24-30(22,26)18-13-23-19(29-18)21(5,25)14-28-31(7,8)20(2,3)4/h9-13,15,25H,14H2,1-8H3,(H2,22,24,26)/t15-,21-,30?/m0/s1. The lowest BCUT2D eigenvalue weighted by Crippen LogP contribution is -2.44. The van der Waals surface area contributed by atoms with E-state index in [4.69, 9.17) is 13.9 Å². The number of hydrogen-bond acceptors (Lipinski definition) is 7. The van der Waals surface area contributed by atoms with Gasteiger partial charge in [-0.2, -0.15) is 0 Å². The summed E-state index contributed by atoms with van der Waals surface area (Å²) >= 11 is 1.08. The second-order valence-electron chi connectivity index (χ2n) is 9.48. The Hall–Kier alpha value is -1.30. The van der Waals surface area contributed by atoms with Crippen molar-refractivity contribution in [3.05, 3.63) is 41.0 Å². The molecule has 31 heavy (non-hydrogen) atoms. The Labute approximate surface area is 191 Å². The molecule has 0 bridgehead atoms. The highest BCUT2D eigenvalue weighted by Gasteiger charge is 2.40. The number of aromatic nitrogens is 1. The predicted molar refractivity (Wildman–Crippen MR) is 129 cm³/mol. The van der Waals surface area contributed by atoms with Crippen molar-refractivity contribution >= 4 is 29.6 Å². The number of rotatable bonds is 9. The number of nitrogens with one attached hydrogen (secondary N) is 2. The highest BCUT2D eigenvalue weighted by atomic mass is 32.2. The summed E-state index contributed by atoms with van der Waals surface area (Å²) in [5.41, 5.74) is -0.435. The van der Waals surface area contributed by atoms with Crippen molar-refractivity contribution in [2.45, 2.75) is 68.6 Å². The Bertz CT molecular complexity index is 981. The molecule has 0 aliphatic carbocycles. The summed E-state index contributed by atoms with van der Waals surface area (Å²) in [5.74, 6) is 0.733. The highest BCUT2D eigenvalue weighted by Crippen LogP contribution is 2.38. The molecule has 0 fully saturated rings. The first kappa shape index (κ1) is 26.0. The lowest BCUT2D eigenvalue weighted by atomic mass is 10.1. The van der Waals surface area contributed by atoms with Crippen LogP contribution in [0.2, 0.25) is 18.1 Å². The molecule has 3 atom stereocenters. The molecule has 2 aromatic rings. The first-order valence-electron chi connectivity index (χ1n) is 10.1. The van der Waals surface area contributed by atoms with Crippen LogP contribution in [0.25, 0.3) is 0 Å². The average molecular weight is 486 g/mol. The summed E-state index contributed by atoms with van der Waals surface area (Å²) in [5, 5.41) is 11.4. The first-order valence-corrected chi connectivity index (χ1v) is 15.4. The van der Waals surface area contributed by atoms with Crippen molar-refractivity contribution in [3.63, 3.8) is 0 Å². The van der Waals surface area contributed by atoms with E-state index >= 15 is 0 Å². The summed E-state index contributed by atoms with van der Waals surface area (Å²) in [6, 6.07) is 7.07. The minimum atomic E-state index is -3.30. The van der Waals surface area contributed by atoms with Gasteiger partial charge in [0.1, 0.15) is 30.5 Å². The smallest absolute Gasteiger partial charge is 0.192 e. The molecule has 1 heterocycles. The van der Waals surface area contributed by atoms with Gasteiger partial charge in [0.15, 0.2) is 8.32 Å². The molecule has 3 N–H and O–H groups in total. The van der Waals surface area contributed by atoms with Crippen molar-refractivity contribution in [3.8, 4) is 5.75 Å². The average Bonchev–Trinajstić information content (AvgIpc) is 3.18. The molecular formula is C21H35N3O4S2Si. The topological polar surface area (TPSA) is 105 Å². The van der Waals surface area contributed by atoms with E-state index in [1.165, 1.54) is 6.20 Å². The van der Waals surface area contributed by atoms with Crippen LogP contribution >= 0.6 is 11.3 Å². The Morgan fingerprint density at radius 3 is 2.35 bits per heavy atom. The maximum absolute atomic E-state index is 13.1. The van der Waals surface area contributed by atoms with Crippen LogP contribution in [-0.4, -0.2) is 36.3 Å². The van der Waals surface area contributed by atoms with E-state index in [-0.39, 0.29) is 21.9 Å². The van der Waals surface area contributed by atoms with Crippen LogP contribution < -0.4 is 9.46 Å². The third-order valence-corrected chi connectivity index (χ3v) is 13.5. The lowest BCUT2D eigenvalue weighted by Gasteiger charge is -2.38. The maximum atomic E-state index is 13.1. The summed E-state index contributed by atoms with van der Waals surface area (Å²) in [7, 11) is -3.74. The van der Waals surface area contributed by atoms with Crippen molar-refractivity contribution in [1.82, 2.24) is 9.71 Å². The SMILES string of the molecule is COc1ccc([C@H](C)NS(=N)(=O)c2cnc([C@@](C)(O)CO[Si](C)(C)C(C)(C)C)s2)cc1. The summed E-state index contributed by atoms with van der Waals surface area (Å²) in [4.78, 5) is 4.27. The third kappa shape index (κ3) is 6.36. The quantitative estimate of drug-likeness (QED) is 0.431. The molecular weight excluding hydrogens is 450 g/mol. The minimum Gasteiger partial charge on any atom is -0.497 e. The van der Waals surface area contributed by atoms with E-state index in [9.17, 15) is 9.32 Å². The van der Waals surface area contributed by atoms with Gasteiger partial charge < -0.3 is 14.3 Å². The molecule has 7 nitrogen and oxygen atoms in total. The van der Waals surface area contributed by atoms with E-state index in [1.807, 2.05) is 31.2 Å². The Morgan fingerprint density at radius 2 is 1.84 bits per heavy atom. The van der Waals surface area contributed by atoms with Gasteiger partial charge in [-0.25, -0.2) is 18.7 Å². The van der Waals surface area contributed by atoms with Gasteiger partial charge in [-0.15, -0.1) is 11.3 Å². The fraction of sp³-hybridized carbons (Fsp3) is 0.571. The molecule has 2 rings (SSSR count). The van der Waals surface area contributed by atoms with Crippen LogP contribution in [0.3, 0.4) is 0 Å². The molecule has 0 aliphatic rings. The molecule has 1 unspecified atom stereocenters. The molecule has 0 aliphatic heterocycles. The Balaban J connectivity index is 2.13. The molecule has 1 aromatic heterocycles. The fourth-order valence-corrected chi connectivity index (χ4v) is 6.06. The molecule has 0 spiro atoms. The van der Waals surface area contributed by atoms with E-state index in [0.717, 1.165) is 22.6 Å². The second kappa shape index (κ2) is 9.28. The number of methoxy groups -OCH3 is 1. The molecule has 0 amide bonds. The van der Waals surface area contributed by atoms with Gasteiger partial charge in [0.25, 0.3) is 0 Å². The number of thiazole rings is 1. The number of hydrogen-bond donors (Lipinski definition) is 3. The van der Waals surface area contributed by atoms with Crippen molar-refractivity contribution < 1.29 is 18.5 Å². The van der Waals surface area contributed by atoms with Crippen LogP contribution in [0.4, 0.5) is 0 Å². The second-order valence-corrected chi connectivity index (χ2v) is 17.4. The molecule has 174 valence electrons. The number of nitrogens with zero attached hydrogens (tertiary/aromatic N) is 1. The first-order chi connectivity index (χ1) is 14.1. The van der Waals surface area contributed by atoms with Gasteiger partial charge in [0.2, 0.25) is 0 Å². The minimum absolute atomic E-state index is 0.0220. The monoisotopic (exact) mass is 485 g/mol. The van der Waals surface area contributed by atoms with E-state index in [0.29, 0.717) is 5.01 Å². The number of ether oxygens (including phenoxy) is 1. The summed E-state index contributed by atoms with van der Waals surface area (Å²) in [6.07, 6.45) is 1.41. The molecule has 10 heteroatoms. The number of benzene rings is 1. The Morgan fingerprint density at radius 1 is 1.26 bits per heavy atom. The molecule has 0 saturated carbocycles. The van der Waals surface area contributed by atoms with Crippen molar-refractivity contribution in [1.29, 1.82) is 4.78 Å². The van der Waals surface area contributed by atoms with E-state index in [1.54, 1.807) is 14.0 Å². The molecule has 0 saturated heterocycles. The predicted octanol–water partition coefficient (Wildman–Crippen LogP) is 5.05. The van der Waals surface area contributed by atoms with E-state index in [2.05, 4.69) is 43.6 Å². The van der Waals surface area contributed by atoms with Gasteiger partial charge in [-0.3, -0.25) is 0 Å². The normalized spacial score (nSPS) is 17.6. The lowest BCUT2D eigenvalue weighted by molar-refractivity contribution is 0.00244. The van der Waals surface area contributed by atoms with Gasteiger partial charge in [0.05, 0.1) is 19.9 Å². The third-order valence-electron chi connectivity index (χ3n) is 5.71. The van der Waals surface area contributed by atoms with E-state index < -0.39 is 23.8 Å². The molecule has 0 radical (unpaired) electrons. The summed E-state index contributed by atoms with van der Waals surface area (Å²) in [6.45, 7) is 14.3. The zero-order valence-corrected chi connectivity index (χ0v) is 22.2. The van der Waals surface area contributed by atoms with Gasteiger partial charge in [0, 0.05) is 6.04 Å².